The normalized spacial score (nSPS) is 20.6. The molecule has 0 aromatic heterocycles. The molecular formula is C17H18N4O4. The third-order valence-electron chi connectivity index (χ3n) is 4.06. The zero-order valence-electron chi connectivity index (χ0n) is 13.7. The molecule has 4 amide bonds. The number of piperidine rings is 1. The highest BCUT2D eigenvalue weighted by Crippen LogP contribution is 2.23. The molecular weight excluding hydrogens is 324 g/mol. The van der Waals surface area contributed by atoms with E-state index < -0.39 is 29.7 Å². The molecule has 0 aliphatic carbocycles. The Morgan fingerprint density at radius 1 is 1.24 bits per heavy atom. The van der Waals surface area contributed by atoms with E-state index in [9.17, 15) is 19.2 Å². The minimum absolute atomic E-state index is 0.0995. The first-order chi connectivity index (χ1) is 12.0. The number of anilines is 1. The van der Waals surface area contributed by atoms with Crippen molar-refractivity contribution in [3.63, 3.8) is 0 Å². The van der Waals surface area contributed by atoms with Crippen LogP contribution in [0.1, 0.15) is 18.4 Å². The van der Waals surface area contributed by atoms with E-state index in [0.29, 0.717) is 12.2 Å². The van der Waals surface area contributed by atoms with Crippen LogP contribution in [-0.4, -0.2) is 41.6 Å². The Morgan fingerprint density at radius 3 is 2.76 bits per heavy atom. The van der Waals surface area contributed by atoms with Crippen molar-refractivity contribution in [2.24, 2.45) is 0 Å². The van der Waals surface area contributed by atoms with E-state index in [2.05, 4.69) is 16.0 Å². The monoisotopic (exact) mass is 342 g/mol. The van der Waals surface area contributed by atoms with Crippen LogP contribution >= 0.6 is 0 Å². The van der Waals surface area contributed by atoms with Crippen LogP contribution < -0.4 is 16.0 Å². The molecule has 1 saturated heterocycles. The zero-order valence-corrected chi connectivity index (χ0v) is 13.7. The fourth-order valence-electron chi connectivity index (χ4n) is 2.92. The molecule has 3 N–H and O–H groups in total. The van der Waals surface area contributed by atoms with E-state index in [1.807, 2.05) is 25.2 Å². The van der Waals surface area contributed by atoms with Crippen LogP contribution in [0.2, 0.25) is 0 Å². The molecule has 130 valence electrons. The van der Waals surface area contributed by atoms with Crippen molar-refractivity contribution in [2.45, 2.75) is 25.4 Å². The predicted molar refractivity (Wildman–Crippen MR) is 88.9 cm³/mol. The number of nitrogens with one attached hydrogen (secondary N) is 3. The number of carbonyl (C=O) groups is 4. The van der Waals surface area contributed by atoms with Crippen LogP contribution in [0, 0.1) is 0 Å². The molecule has 25 heavy (non-hydrogen) atoms. The maximum Gasteiger partial charge on any atom is 0.278 e. The van der Waals surface area contributed by atoms with Gasteiger partial charge in [-0.25, -0.2) is 0 Å². The van der Waals surface area contributed by atoms with E-state index >= 15 is 0 Å². The summed E-state index contributed by atoms with van der Waals surface area (Å²) in [5.74, 6) is -2.15. The van der Waals surface area contributed by atoms with E-state index in [1.165, 1.54) is 6.08 Å². The summed E-state index contributed by atoms with van der Waals surface area (Å²) in [4.78, 5) is 48.8. The van der Waals surface area contributed by atoms with Crippen LogP contribution in [0.5, 0.6) is 0 Å². The highest BCUT2D eigenvalue weighted by molar-refractivity contribution is 6.20. The van der Waals surface area contributed by atoms with E-state index in [1.54, 1.807) is 6.07 Å². The smallest absolute Gasteiger partial charge is 0.278 e. The van der Waals surface area contributed by atoms with Gasteiger partial charge in [0.15, 0.2) is 0 Å². The summed E-state index contributed by atoms with van der Waals surface area (Å²) < 4.78 is 0. The summed E-state index contributed by atoms with van der Waals surface area (Å²) in [6, 6.07) is 6.47. The standard InChI is InChI=1S/C17H18N4O4/c1-18-9-10-3-2-4-11(7-10)19-12-8-15(23)21(17(12)25)13-5-6-14(22)20-16(13)24/h2-4,7-8,13,18-19H,5-6,9H2,1H3,(H,20,22,24). The van der Waals surface area contributed by atoms with Gasteiger partial charge in [-0.3, -0.25) is 29.4 Å². The molecule has 2 aliphatic heterocycles. The van der Waals surface area contributed by atoms with Gasteiger partial charge in [0.1, 0.15) is 11.7 Å². The number of hydrogen-bond donors (Lipinski definition) is 3. The Labute approximate surface area is 144 Å². The Bertz CT molecular complexity index is 787. The van der Waals surface area contributed by atoms with Gasteiger partial charge in [-0.05, 0) is 31.2 Å². The fourth-order valence-corrected chi connectivity index (χ4v) is 2.92. The summed E-state index contributed by atoms with van der Waals surface area (Å²) in [7, 11) is 1.83. The Morgan fingerprint density at radius 2 is 2.04 bits per heavy atom. The predicted octanol–water partition coefficient (Wildman–Crippen LogP) is -0.124. The molecule has 1 unspecified atom stereocenters. The summed E-state index contributed by atoms with van der Waals surface area (Å²) in [5.41, 5.74) is 1.80. The van der Waals surface area contributed by atoms with Gasteiger partial charge in [0.2, 0.25) is 11.8 Å². The van der Waals surface area contributed by atoms with Gasteiger partial charge in [-0.2, -0.15) is 0 Å². The number of imide groups is 2. The molecule has 2 heterocycles. The third kappa shape index (κ3) is 3.43. The lowest BCUT2D eigenvalue weighted by molar-refractivity contribution is -0.149. The van der Waals surface area contributed by atoms with Gasteiger partial charge in [-0.15, -0.1) is 0 Å². The first-order valence-electron chi connectivity index (χ1n) is 7.93. The van der Waals surface area contributed by atoms with Crippen molar-refractivity contribution in [1.82, 2.24) is 15.5 Å². The molecule has 0 bridgehead atoms. The van der Waals surface area contributed by atoms with Gasteiger partial charge < -0.3 is 10.6 Å². The van der Waals surface area contributed by atoms with Crippen molar-refractivity contribution < 1.29 is 19.2 Å². The van der Waals surface area contributed by atoms with Crippen LogP contribution in [0.3, 0.4) is 0 Å². The molecule has 8 heteroatoms. The summed E-state index contributed by atoms with van der Waals surface area (Å²) in [5, 5.41) is 8.13. The first-order valence-corrected chi connectivity index (χ1v) is 7.93. The largest absolute Gasteiger partial charge is 0.351 e. The van der Waals surface area contributed by atoms with E-state index in [4.69, 9.17) is 0 Å². The van der Waals surface area contributed by atoms with Crippen LogP contribution in [0.15, 0.2) is 36.0 Å². The molecule has 8 nitrogen and oxygen atoms in total. The van der Waals surface area contributed by atoms with E-state index in [-0.39, 0.29) is 18.5 Å². The second kappa shape index (κ2) is 6.86. The summed E-state index contributed by atoms with van der Waals surface area (Å²) in [6.07, 6.45) is 1.42. The number of hydrogen-bond acceptors (Lipinski definition) is 6. The third-order valence-corrected chi connectivity index (χ3v) is 4.06. The van der Waals surface area contributed by atoms with Gasteiger partial charge in [0.25, 0.3) is 11.8 Å². The maximum atomic E-state index is 12.6. The SMILES string of the molecule is CNCc1cccc(NC2=CC(=O)N(C3CCC(=O)NC3=O)C2=O)c1. The van der Waals surface area contributed by atoms with Crippen molar-refractivity contribution in [3.8, 4) is 0 Å². The fraction of sp³-hybridized carbons (Fsp3) is 0.294. The van der Waals surface area contributed by atoms with Gasteiger partial charge in [-0.1, -0.05) is 12.1 Å². The lowest BCUT2D eigenvalue weighted by Crippen LogP contribution is -2.54. The highest BCUT2D eigenvalue weighted by atomic mass is 16.2. The molecule has 3 rings (SSSR count). The molecule has 1 aromatic rings. The minimum atomic E-state index is -0.955. The average Bonchev–Trinajstić information content (AvgIpc) is 2.83. The van der Waals surface area contributed by atoms with Gasteiger partial charge in [0, 0.05) is 24.7 Å². The number of amides is 4. The molecule has 1 atom stereocenters. The van der Waals surface area contributed by atoms with Gasteiger partial charge in [0.05, 0.1) is 0 Å². The zero-order chi connectivity index (χ0) is 18.0. The Hall–Kier alpha value is -3.00. The van der Waals surface area contributed by atoms with Crippen LogP contribution in [0.4, 0.5) is 5.69 Å². The topological polar surface area (TPSA) is 108 Å². The van der Waals surface area contributed by atoms with Crippen molar-refractivity contribution >= 4 is 29.3 Å². The second-order valence-corrected chi connectivity index (χ2v) is 5.89. The van der Waals surface area contributed by atoms with Crippen molar-refractivity contribution in [3.05, 3.63) is 41.6 Å². The molecule has 1 aromatic carbocycles. The van der Waals surface area contributed by atoms with Crippen LogP contribution in [0.25, 0.3) is 0 Å². The number of carbonyl (C=O) groups excluding carboxylic acids is 4. The van der Waals surface area contributed by atoms with E-state index in [0.717, 1.165) is 10.5 Å². The molecule has 0 saturated carbocycles. The average molecular weight is 342 g/mol. The Kier molecular flexibility index (Phi) is 4.62. The number of rotatable bonds is 5. The lowest BCUT2D eigenvalue weighted by atomic mass is 10.0. The molecule has 0 spiro atoms. The number of nitrogens with zero attached hydrogens (tertiary/aromatic N) is 1. The summed E-state index contributed by atoms with van der Waals surface area (Å²) >= 11 is 0. The minimum Gasteiger partial charge on any atom is -0.351 e. The lowest BCUT2D eigenvalue weighted by Gasteiger charge is -2.28. The maximum absolute atomic E-state index is 12.6. The van der Waals surface area contributed by atoms with Gasteiger partial charge >= 0.3 is 0 Å². The first kappa shape index (κ1) is 16.8. The number of benzene rings is 1. The quantitative estimate of drug-likeness (QED) is 0.644. The van der Waals surface area contributed by atoms with Crippen LogP contribution in [-0.2, 0) is 25.7 Å². The van der Waals surface area contributed by atoms with Crippen molar-refractivity contribution in [1.29, 1.82) is 0 Å². The summed E-state index contributed by atoms with van der Waals surface area (Å²) in [6.45, 7) is 0.670. The molecule has 1 fully saturated rings. The molecule has 0 radical (unpaired) electrons. The molecule has 2 aliphatic rings. The Balaban J connectivity index is 1.74. The highest BCUT2D eigenvalue weighted by Gasteiger charge is 2.42. The second-order valence-electron chi connectivity index (χ2n) is 5.89. The van der Waals surface area contributed by atoms with Crippen molar-refractivity contribution in [2.75, 3.05) is 12.4 Å².